The molecule has 0 bridgehead atoms. The maximum atomic E-state index is 13.8. The van der Waals surface area contributed by atoms with Crippen LogP contribution in [0.5, 0.6) is 5.75 Å². The highest BCUT2D eigenvalue weighted by Crippen LogP contribution is 2.26. The summed E-state index contributed by atoms with van der Waals surface area (Å²) in [6.07, 6.45) is 0.299. The summed E-state index contributed by atoms with van der Waals surface area (Å²) < 4.78 is 40.3. The highest BCUT2D eigenvalue weighted by atomic mass is 19.2. The molecule has 1 unspecified atom stereocenters. The first-order valence-corrected chi connectivity index (χ1v) is 8.29. The highest BCUT2D eigenvalue weighted by molar-refractivity contribution is 5.98. The van der Waals surface area contributed by atoms with Crippen LogP contribution in [0.15, 0.2) is 30.3 Å². The molecule has 1 aliphatic rings. The minimum atomic E-state index is -1.77. The Morgan fingerprint density at radius 2 is 1.89 bits per heavy atom. The number of hydrogen-bond donors (Lipinski definition) is 2. The number of amides is 2. The number of likely N-dealkylation sites (tertiary alicyclic amines) is 1. The van der Waals surface area contributed by atoms with Crippen LogP contribution >= 0.6 is 0 Å². The van der Waals surface area contributed by atoms with Crippen LogP contribution in [-0.4, -0.2) is 34.4 Å². The van der Waals surface area contributed by atoms with Crippen molar-refractivity contribution in [2.24, 2.45) is 0 Å². The summed E-state index contributed by atoms with van der Waals surface area (Å²) in [7, 11) is 0. The molecule has 1 saturated heterocycles. The van der Waals surface area contributed by atoms with E-state index in [2.05, 4.69) is 5.32 Å². The molecule has 1 heterocycles. The maximum Gasteiger partial charge on any atom is 0.255 e. The van der Waals surface area contributed by atoms with Crippen molar-refractivity contribution in [3.63, 3.8) is 0 Å². The summed E-state index contributed by atoms with van der Waals surface area (Å²) in [4.78, 5) is 26.2. The van der Waals surface area contributed by atoms with Crippen molar-refractivity contribution in [2.45, 2.75) is 25.9 Å². The third kappa shape index (κ3) is 3.74. The molecule has 8 heteroatoms. The lowest BCUT2D eigenvalue weighted by molar-refractivity contribution is -0.129. The van der Waals surface area contributed by atoms with Gasteiger partial charge in [-0.1, -0.05) is 29.8 Å². The normalized spacial score (nSPS) is 16.7. The summed E-state index contributed by atoms with van der Waals surface area (Å²) in [5.74, 6) is -7.93. The highest BCUT2D eigenvalue weighted by Gasteiger charge is 2.34. The number of nitrogens with one attached hydrogen (secondary N) is 1. The Bertz CT molecular complexity index is 900. The minimum absolute atomic E-state index is 0.299. The summed E-state index contributed by atoms with van der Waals surface area (Å²) in [5.41, 5.74) is 1.15. The van der Waals surface area contributed by atoms with Crippen molar-refractivity contribution in [3.05, 3.63) is 64.5 Å². The van der Waals surface area contributed by atoms with Gasteiger partial charge in [0.1, 0.15) is 6.04 Å². The quantitative estimate of drug-likeness (QED) is 0.804. The number of aromatic hydroxyl groups is 1. The molecule has 2 aromatic rings. The second-order valence-corrected chi connectivity index (χ2v) is 6.44. The number of nitrogens with zero attached hydrogens (tertiary/aromatic N) is 1. The van der Waals surface area contributed by atoms with Gasteiger partial charge in [0.15, 0.2) is 17.4 Å². The van der Waals surface area contributed by atoms with E-state index in [0.29, 0.717) is 25.6 Å². The van der Waals surface area contributed by atoms with Crippen LogP contribution in [0.25, 0.3) is 0 Å². The van der Waals surface area contributed by atoms with Gasteiger partial charge >= 0.3 is 0 Å². The van der Waals surface area contributed by atoms with Crippen LogP contribution in [0, 0.1) is 24.4 Å². The fraction of sp³-hybridized carbons (Fsp3) is 0.263. The van der Waals surface area contributed by atoms with Crippen molar-refractivity contribution >= 4 is 11.8 Å². The maximum absolute atomic E-state index is 13.8. The molecule has 0 aliphatic carbocycles. The van der Waals surface area contributed by atoms with Gasteiger partial charge in [0.05, 0.1) is 5.56 Å². The second kappa shape index (κ2) is 7.30. The third-order valence-corrected chi connectivity index (χ3v) is 4.47. The molecule has 2 N–H and O–H groups in total. The number of aryl methyl sites for hydroxylation is 1. The predicted octanol–water partition coefficient (Wildman–Crippen LogP) is 2.65. The number of benzene rings is 2. The van der Waals surface area contributed by atoms with Crippen molar-refractivity contribution in [1.82, 2.24) is 10.2 Å². The molecule has 0 spiro atoms. The van der Waals surface area contributed by atoms with E-state index < -0.39 is 40.7 Å². The molecule has 1 aliphatic heterocycles. The predicted molar refractivity (Wildman–Crippen MR) is 90.4 cm³/mol. The van der Waals surface area contributed by atoms with Crippen LogP contribution in [0.4, 0.5) is 13.2 Å². The zero-order chi connectivity index (χ0) is 19.7. The molecule has 2 amide bonds. The molecular weight excluding hydrogens is 361 g/mol. The van der Waals surface area contributed by atoms with Crippen LogP contribution in [0.1, 0.15) is 27.9 Å². The van der Waals surface area contributed by atoms with Crippen LogP contribution in [0.2, 0.25) is 0 Å². The van der Waals surface area contributed by atoms with Gasteiger partial charge in [-0.15, -0.1) is 0 Å². The Morgan fingerprint density at radius 3 is 2.56 bits per heavy atom. The van der Waals surface area contributed by atoms with E-state index in [9.17, 15) is 27.9 Å². The first-order valence-electron chi connectivity index (χ1n) is 8.29. The van der Waals surface area contributed by atoms with Crippen LogP contribution in [0.3, 0.4) is 0 Å². The molecule has 1 fully saturated rings. The van der Waals surface area contributed by atoms with E-state index in [1.807, 2.05) is 31.2 Å². The molecule has 27 heavy (non-hydrogen) atoms. The number of phenolic OH excluding ortho intramolecular Hbond substituents is 1. The van der Waals surface area contributed by atoms with Gasteiger partial charge in [-0.2, -0.15) is 4.39 Å². The van der Waals surface area contributed by atoms with E-state index >= 15 is 0 Å². The average Bonchev–Trinajstić information content (AvgIpc) is 2.98. The smallest absolute Gasteiger partial charge is 0.255 e. The van der Waals surface area contributed by atoms with Gasteiger partial charge in [0, 0.05) is 13.1 Å². The number of carbonyl (C=O) groups excluding carboxylic acids is 2. The number of carbonyl (C=O) groups is 2. The molecule has 3 rings (SSSR count). The molecule has 2 aromatic carbocycles. The first kappa shape index (κ1) is 18.8. The van der Waals surface area contributed by atoms with Gasteiger partial charge in [-0.25, -0.2) is 8.78 Å². The third-order valence-electron chi connectivity index (χ3n) is 4.47. The van der Waals surface area contributed by atoms with E-state index in [0.717, 1.165) is 11.1 Å². The Labute approximate surface area is 153 Å². The number of hydrogen-bond acceptors (Lipinski definition) is 3. The van der Waals surface area contributed by atoms with E-state index in [1.165, 1.54) is 0 Å². The summed E-state index contributed by atoms with van der Waals surface area (Å²) in [6, 6.07) is 7.09. The van der Waals surface area contributed by atoms with Gasteiger partial charge in [0.25, 0.3) is 5.91 Å². The molecule has 0 saturated carbocycles. The second-order valence-electron chi connectivity index (χ2n) is 6.44. The van der Waals surface area contributed by atoms with Crippen LogP contribution in [-0.2, 0) is 11.3 Å². The summed E-state index contributed by atoms with van der Waals surface area (Å²) in [6.45, 7) is 2.71. The average molecular weight is 378 g/mol. The zero-order valence-corrected chi connectivity index (χ0v) is 14.4. The topological polar surface area (TPSA) is 69.6 Å². The fourth-order valence-corrected chi connectivity index (χ4v) is 2.94. The number of rotatable bonds is 4. The molecule has 0 radical (unpaired) electrons. The lowest BCUT2D eigenvalue weighted by Crippen LogP contribution is -2.41. The Kier molecular flexibility index (Phi) is 5.07. The Balaban J connectivity index is 1.69. The lowest BCUT2D eigenvalue weighted by Gasteiger charge is -2.17. The molecule has 0 aromatic heterocycles. The molecule has 5 nitrogen and oxygen atoms in total. The van der Waals surface area contributed by atoms with E-state index in [-0.39, 0.29) is 5.91 Å². The van der Waals surface area contributed by atoms with Gasteiger partial charge in [0.2, 0.25) is 11.7 Å². The minimum Gasteiger partial charge on any atom is -0.503 e. The van der Waals surface area contributed by atoms with Gasteiger partial charge in [-0.3, -0.25) is 9.59 Å². The van der Waals surface area contributed by atoms with Crippen LogP contribution < -0.4 is 5.32 Å². The standard InChI is InChI=1S/C19H17F3N2O3/c1-10-2-4-11(5-3-10)9-24-7-6-14(19(24)27)23-18(26)12-8-13(20)16(22)17(25)15(12)21/h2-5,8,14,25H,6-7,9H2,1H3,(H,23,26). The van der Waals surface area contributed by atoms with Crippen molar-refractivity contribution < 1.29 is 27.9 Å². The Hall–Kier alpha value is -3.03. The Morgan fingerprint density at radius 1 is 1.22 bits per heavy atom. The zero-order valence-electron chi connectivity index (χ0n) is 14.4. The molecule has 142 valence electrons. The summed E-state index contributed by atoms with van der Waals surface area (Å²) >= 11 is 0. The van der Waals surface area contributed by atoms with Gasteiger partial charge in [-0.05, 0) is 25.0 Å². The summed E-state index contributed by atoms with van der Waals surface area (Å²) in [5, 5.41) is 11.5. The number of phenols is 1. The molecule has 1 atom stereocenters. The van der Waals surface area contributed by atoms with Gasteiger partial charge < -0.3 is 15.3 Å². The monoisotopic (exact) mass is 378 g/mol. The largest absolute Gasteiger partial charge is 0.503 e. The van der Waals surface area contributed by atoms with Crippen molar-refractivity contribution in [3.8, 4) is 5.75 Å². The first-order chi connectivity index (χ1) is 12.8. The lowest BCUT2D eigenvalue weighted by atomic mass is 10.1. The van der Waals surface area contributed by atoms with E-state index in [1.54, 1.807) is 4.90 Å². The fourth-order valence-electron chi connectivity index (χ4n) is 2.94. The SMILES string of the molecule is Cc1ccc(CN2CCC(NC(=O)c3cc(F)c(F)c(O)c3F)C2=O)cc1. The molecular formula is C19H17F3N2O3. The number of halogens is 3. The van der Waals surface area contributed by atoms with E-state index in [4.69, 9.17) is 0 Å². The van der Waals surface area contributed by atoms with Crippen molar-refractivity contribution in [2.75, 3.05) is 6.54 Å². The van der Waals surface area contributed by atoms with Crippen molar-refractivity contribution in [1.29, 1.82) is 0 Å².